The average molecular weight is 306 g/mol. The molecule has 2 N–H and O–H groups in total. The van der Waals surface area contributed by atoms with Crippen LogP contribution in [0.2, 0.25) is 0 Å². The number of rotatable bonds is 5. The lowest BCUT2D eigenvalue weighted by atomic mass is 9.94. The molecule has 0 radical (unpaired) electrons. The van der Waals surface area contributed by atoms with Gasteiger partial charge in [0.15, 0.2) is 0 Å². The molecule has 114 valence electrons. The molecule has 21 heavy (non-hydrogen) atoms. The van der Waals surface area contributed by atoms with Gasteiger partial charge in [0.2, 0.25) is 11.8 Å². The van der Waals surface area contributed by atoms with Gasteiger partial charge >= 0.3 is 0 Å². The van der Waals surface area contributed by atoms with E-state index < -0.39 is 0 Å². The van der Waals surface area contributed by atoms with E-state index in [9.17, 15) is 9.59 Å². The molecule has 1 aliphatic heterocycles. The summed E-state index contributed by atoms with van der Waals surface area (Å²) in [6, 6.07) is 8.58. The van der Waals surface area contributed by atoms with Gasteiger partial charge in [-0.05, 0) is 31.7 Å². The summed E-state index contributed by atoms with van der Waals surface area (Å²) < 4.78 is 0. The maximum absolute atomic E-state index is 12.4. The minimum absolute atomic E-state index is 0.103. The molecular weight excluding hydrogens is 284 g/mol. The van der Waals surface area contributed by atoms with E-state index >= 15 is 0 Å². The predicted octanol–water partition coefficient (Wildman–Crippen LogP) is 2.27. The molecule has 0 bridgehead atoms. The Bertz CT molecular complexity index is 502. The number of aryl methyl sites for hydroxylation is 1. The number of amides is 2. The molecular formula is C16H22N2O2S. The second-order valence-corrected chi connectivity index (χ2v) is 6.45. The molecule has 1 saturated heterocycles. The largest absolute Gasteiger partial charge is 0.369 e. The van der Waals surface area contributed by atoms with Crippen LogP contribution in [-0.4, -0.2) is 34.8 Å². The van der Waals surface area contributed by atoms with Gasteiger partial charge in [-0.2, -0.15) is 0 Å². The minimum atomic E-state index is -0.374. The fraction of sp³-hybridized carbons (Fsp3) is 0.500. The predicted molar refractivity (Wildman–Crippen MR) is 86.0 cm³/mol. The van der Waals surface area contributed by atoms with E-state index in [4.69, 9.17) is 5.73 Å². The Hall–Kier alpha value is -1.49. The molecule has 1 unspecified atom stereocenters. The maximum Gasteiger partial charge on any atom is 0.233 e. The Morgan fingerprint density at radius 2 is 1.95 bits per heavy atom. The molecule has 1 aromatic carbocycles. The Balaban J connectivity index is 2.02. The van der Waals surface area contributed by atoms with Crippen LogP contribution in [0, 0.1) is 6.92 Å². The van der Waals surface area contributed by atoms with Gasteiger partial charge in [-0.25, -0.2) is 0 Å². The molecule has 1 heterocycles. The zero-order valence-corrected chi connectivity index (χ0v) is 13.2. The van der Waals surface area contributed by atoms with Crippen molar-refractivity contribution in [3.63, 3.8) is 0 Å². The van der Waals surface area contributed by atoms with E-state index in [1.807, 2.05) is 4.90 Å². The SMILES string of the molecule is Cc1ccc(C2CCCCN2C(=O)CSCC(N)=O)cc1. The molecule has 5 heteroatoms. The van der Waals surface area contributed by atoms with Crippen LogP contribution in [0.5, 0.6) is 0 Å². The molecule has 2 rings (SSSR count). The van der Waals surface area contributed by atoms with Crippen molar-refractivity contribution in [1.29, 1.82) is 0 Å². The zero-order chi connectivity index (χ0) is 15.2. The number of hydrogen-bond acceptors (Lipinski definition) is 3. The van der Waals surface area contributed by atoms with Crippen LogP contribution >= 0.6 is 11.8 Å². The lowest BCUT2D eigenvalue weighted by Gasteiger charge is -2.36. The van der Waals surface area contributed by atoms with Crippen LogP contribution in [0.3, 0.4) is 0 Å². The topological polar surface area (TPSA) is 63.4 Å². The maximum atomic E-state index is 12.4. The summed E-state index contributed by atoms with van der Waals surface area (Å²) in [4.78, 5) is 25.1. The molecule has 0 aromatic heterocycles. The summed E-state index contributed by atoms with van der Waals surface area (Å²) in [5.41, 5.74) is 7.53. The smallest absolute Gasteiger partial charge is 0.233 e. The van der Waals surface area contributed by atoms with Crippen molar-refractivity contribution in [2.24, 2.45) is 5.73 Å². The molecule has 0 saturated carbocycles. The Labute approximate surface area is 130 Å². The fourth-order valence-electron chi connectivity index (χ4n) is 2.69. The first-order chi connectivity index (χ1) is 10.1. The number of benzene rings is 1. The van der Waals surface area contributed by atoms with Crippen LogP contribution < -0.4 is 5.73 Å². The van der Waals surface area contributed by atoms with Gasteiger partial charge in [0.1, 0.15) is 0 Å². The molecule has 0 aliphatic carbocycles. The monoisotopic (exact) mass is 306 g/mol. The third kappa shape index (κ3) is 4.49. The summed E-state index contributed by atoms with van der Waals surface area (Å²) in [5.74, 6) is 0.258. The third-order valence-electron chi connectivity index (χ3n) is 3.76. The van der Waals surface area contributed by atoms with Crippen molar-refractivity contribution in [2.45, 2.75) is 32.2 Å². The molecule has 2 amide bonds. The van der Waals surface area contributed by atoms with E-state index in [1.54, 1.807) is 0 Å². The molecule has 0 spiro atoms. The third-order valence-corrected chi connectivity index (χ3v) is 4.69. The van der Waals surface area contributed by atoms with Crippen LogP contribution in [0.15, 0.2) is 24.3 Å². The highest BCUT2D eigenvalue weighted by atomic mass is 32.2. The van der Waals surface area contributed by atoms with Crippen molar-refractivity contribution in [3.8, 4) is 0 Å². The van der Waals surface area contributed by atoms with E-state index in [2.05, 4.69) is 31.2 Å². The van der Waals surface area contributed by atoms with Gasteiger partial charge in [0.05, 0.1) is 17.5 Å². The first-order valence-electron chi connectivity index (χ1n) is 7.30. The summed E-state index contributed by atoms with van der Waals surface area (Å²) in [6.45, 7) is 2.86. The van der Waals surface area contributed by atoms with Gasteiger partial charge in [-0.1, -0.05) is 29.8 Å². The quantitative estimate of drug-likeness (QED) is 0.907. The van der Waals surface area contributed by atoms with Gasteiger partial charge in [-0.15, -0.1) is 11.8 Å². The van der Waals surface area contributed by atoms with Crippen molar-refractivity contribution in [2.75, 3.05) is 18.1 Å². The number of carbonyl (C=O) groups excluding carboxylic acids is 2. The number of carbonyl (C=O) groups is 2. The zero-order valence-electron chi connectivity index (χ0n) is 12.4. The first kappa shape index (κ1) is 15.9. The minimum Gasteiger partial charge on any atom is -0.369 e. The van der Waals surface area contributed by atoms with Crippen molar-refractivity contribution < 1.29 is 9.59 Å². The second-order valence-electron chi connectivity index (χ2n) is 5.47. The van der Waals surface area contributed by atoms with Crippen molar-refractivity contribution in [1.82, 2.24) is 4.90 Å². The average Bonchev–Trinajstić information content (AvgIpc) is 2.47. The van der Waals surface area contributed by atoms with Crippen LogP contribution in [-0.2, 0) is 9.59 Å². The Morgan fingerprint density at radius 1 is 1.24 bits per heavy atom. The normalized spacial score (nSPS) is 18.5. The highest BCUT2D eigenvalue weighted by molar-refractivity contribution is 8.00. The standard InChI is InChI=1S/C16H22N2O2S/c1-12-5-7-13(8-6-12)14-4-2-3-9-18(14)16(20)11-21-10-15(17)19/h5-8,14H,2-4,9-11H2,1H3,(H2,17,19). The van der Waals surface area contributed by atoms with Gasteiger partial charge < -0.3 is 10.6 Å². The van der Waals surface area contributed by atoms with Crippen LogP contribution in [0.4, 0.5) is 0 Å². The summed E-state index contributed by atoms with van der Waals surface area (Å²) in [6.07, 6.45) is 3.21. The number of thioether (sulfide) groups is 1. The first-order valence-corrected chi connectivity index (χ1v) is 8.45. The van der Waals surface area contributed by atoms with E-state index in [0.717, 1.165) is 25.8 Å². The highest BCUT2D eigenvalue weighted by Gasteiger charge is 2.27. The lowest BCUT2D eigenvalue weighted by Crippen LogP contribution is -2.39. The van der Waals surface area contributed by atoms with Crippen LogP contribution in [0.25, 0.3) is 0 Å². The lowest BCUT2D eigenvalue weighted by molar-refractivity contribution is -0.132. The Kier molecular flexibility index (Phi) is 5.67. The van der Waals surface area contributed by atoms with Gasteiger partial charge in [0, 0.05) is 6.54 Å². The number of likely N-dealkylation sites (tertiary alicyclic amines) is 1. The number of primary amides is 1. The second kappa shape index (κ2) is 7.50. The summed E-state index contributed by atoms with van der Waals surface area (Å²) in [7, 11) is 0. The Morgan fingerprint density at radius 3 is 2.62 bits per heavy atom. The van der Waals surface area contributed by atoms with Gasteiger partial charge in [0.25, 0.3) is 0 Å². The van der Waals surface area contributed by atoms with Crippen LogP contribution in [0.1, 0.15) is 36.4 Å². The number of nitrogens with zero attached hydrogens (tertiary/aromatic N) is 1. The van der Waals surface area contributed by atoms with E-state index in [0.29, 0.717) is 5.75 Å². The van der Waals surface area contributed by atoms with E-state index in [1.165, 1.54) is 22.9 Å². The number of nitrogens with two attached hydrogens (primary N) is 1. The van der Waals surface area contributed by atoms with Crippen molar-refractivity contribution >= 4 is 23.6 Å². The fourth-order valence-corrected chi connectivity index (χ4v) is 3.33. The summed E-state index contributed by atoms with van der Waals surface area (Å²) >= 11 is 1.30. The molecule has 1 aliphatic rings. The highest BCUT2D eigenvalue weighted by Crippen LogP contribution is 2.31. The van der Waals surface area contributed by atoms with E-state index in [-0.39, 0.29) is 23.6 Å². The molecule has 4 nitrogen and oxygen atoms in total. The van der Waals surface area contributed by atoms with Gasteiger partial charge in [-0.3, -0.25) is 9.59 Å². The molecule has 1 aromatic rings. The number of piperidine rings is 1. The van der Waals surface area contributed by atoms with Crippen molar-refractivity contribution in [3.05, 3.63) is 35.4 Å². The summed E-state index contributed by atoms with van der Waals surface area (Å²) in [5, 5.41) is 0. The molecule has 1 fully saturated rings. The molecule has 1 atom stereocenters. The number of hydrogen-bond donors (Lipinski definition) is 1.